The van der Waals surface area contributed by atoms with Crippen molar-refractivity contribution in [2.45, 2.75) is 19.4 Å². The van der Waals surface area contributed by atoms with E-state index in [2.05, 4.69) is 22.8 Å². The second kappa shape index (κ2) is 3.36. The molecule has 0 aliphatic carbocycles. The van der Waals surface area contributed by atoms with Gasteiger partial charge in [0.15, 0.2) is 0 Å². The van der Waals surface area contributed by atoms with Crippen molar-refractivity contribution in [3.8, 4) is 0 Å². The van der Waals surface area contributed by atoms with Crippen molar-refractivity contribution >= 4 is 10.9 Å². The lowest BCUT2D eigenvalue weighted by molar-refractivity contribution is -0.0225. The number of aromatic nitrogens is 1. The number of hydrogen-bond acceptors (Lipinski definition) is 2. The van der Waals surface area contributed by atoms with Crippen LogP contribution >= 0.6 is 0 Å². The van der Waals surface area contributed by atoms with Crippen LogP contribution in [-0.4, -0.2) is 4.57 Å². The molecule has 0 unspecified atom stereocenters. The Balaban J connectivity index is 2.71. The number of fused-ring (bicyclic) bond motifs is 1. The number of nitrogens with two attached hydrogens (primary N) is 1. The van der Waals surface area contributed by atoms with E-state index in [1.54, 1.807) is 0 Å². The first-order chi connectivity index (χ1) is 7.06. The molecule has 2 rings (SSSR count). The molecule has 0 bridgehead atoms. The molecule has 0 amide bonds. The summed E-state index contributed by atoms with van der Waals surface area (Å²) in [5.74, 6) is 5.33. The molecular weight excluding hydrogens is 188 g/mol. The van der Waals surface area contributed by atoms with Crippen LogP contribution in [0.3, 0.4) is 0 Å². The van der Waals surface area contributed by atoms with Crippen molar-refractivity contribution in [1.29, 1.82) is 0 Å². The zero-order chi connectivity index (χ0) is 11.1. The van der Waals surface area contributed by atoms with Crippen LogP contribution in [0.1, 0.15) is 19.4 Å². The largest absolute Gasteiger partial charge is 0.351 e. The van der Waals surface area contributed by atoms with E-state index in [-0.39, 0.29) is 0 Å². The third-order valence-electron chi connectivity index (χ3n) is 2.87. The van der Waals surface area contributed by atoms with Gasteiger partial charge in [-0.15, -0.1) is 0 Å². The van der Waals surface area contributed by atoms with Gasteiger partial charge in [-0.05, 0) is 31.5 Å². The molecule has 80 valence electrons. The summed E-state index contributed by atoms with van der Waals surface area (Å²) < 4.78 is 2.09. The highest BCUT2D eigenvalue weighted by Gasteiger charge is 2.23. The molecule has 1 aromatic carbocycles. The summed E-state index contributed by atoms with van der Waals surface area (Å²) in [6.07, 6.45) is 2.04. The first-order valence-electron chi connectivity index (χ1n) is 4.98. The van der Waals surface area contributed by atoms with Gasteiger partial charge in [-0.1, -0.05) is 12.1 Å². The van der Waals surface area contributed by atoms with Crippen LogP contribution in [-0.2, 0) is 17.5 Å². The molecule has 0 aliphatic rings. The van der Waals surface area contributed by atoms with E-state index < -0.39 is 5.60 Å². The highest BCUT2D eigenvalue weighted by molar-refractivity contribution is 5.84. The minimum atomic E-state index is -0.457. The SMILES string of the molecule is Cn1ccc2c(C(C)(C)ON)cccc21. The Morgan fingerprint density at radius 1 is 1.27 bits per heavy atom. The molecule has 0 saturated heterocycles. The molecule has 2 aromatic rings. The molecule has 3 heteroatoms. The normalized spacial score (nSPS) is 12.3. The molecule has 1 heterocycles. The zero-order valence-electron chi connectivity index (χ0n) is 9.32. The van der Waals surface area contributed by atoms with Gasteiger partial charge in [0.25, 0.3) is 0 Å². The molecule has 1 aromatic heterocycles. The van der Waals surface area contributed by atoms with Gasteiger partial charge >= 0.3 is 0 Å². The molecule has 3 nitrogen and oxygen atoms in total. The molecule has 0 spiro atoms. The molecule has 2 N–H and O–H groups in total. The van der Waals surface area contributed by atoms with Crippen LogP contribution in [0.15, 0.2) is 30.5 Å². The van der Waals surface area contributed by atoms with E-state index in [0.717, 1.165) is 5.56 Å². The molecule has 0 aliphatic heterocycles. The summed E-state index contributed by atoms with van der Waals surface area (Å²) >= 11 is 0. The van der Waals surface area contributed by atoms with E-state index in [1.165, 1.54) is 10.9 Å². The van der Waals surface area contributed by atoms with Crippen molar-refractivity contribution < 1.29 is 4.84 Å². The Kier molecular flexibility index (Phi) is 2.29. The average Bonchev–Trinajstić information content (AvgIpc) is 2.60. The van der Waals surface area contributed by atoms with Gasteiger partial charge in [0.1, 0.15) is 5.60 Å². The number of benzene rings is 1. The predicted octanol–water partition coefficient (Wildman–Crippen LogP) is 2.30. The van der Waals surface area contributed by atoms with E-state index in [1.807, 2.05) is 33.2 Å². The predicted molar refractivity (Wildman–Crippen MR) is 61.2 cm³/mol. The van der Waals surface area contributed by atoms with Gasteiger partial charge in [0.05, 0.1) is 0 Å². The van der Waals surface area contributed by atoms with Crippen LogP contribution in [0.4, 0.5) is 0 Å². The Bertz CT molecular complexity index is 485. The molecule has 0 radical (unpaired) electrons. The van der Waals surface area contributed by atoms with Crippen molar-refractivity contribution in [1.82, 2.24) is 4.57 Å². The third kappa shape index (κ3) is 1.54. The van der Waals surface area contributed by atoms with Gasteiger partial charge < -0.3 is 4.57 Å². The van der Waals surface area contributed by atoms with Crippen LogP contribution in [0, 0.1) is 0 Å². The second-order valence-corrected chi connectivity index (χ2v) is 4.29. The van der Waals surface area contributed by atoms with Crippen molar-refractivity contribution in [2.75, 3.05) is 0 Å². The van der Waals surface area contributed by atoms with Crippen LogP contribution in [0.5, 0.6) is 0 Å². The molecule has 0 saturated carbocycles. The lowest BCUT2D eigenvalue weighted by Gasteiger charge is -2.23. The molecular formula is C12H16N2O. The first kappa shape index (κ1) is 10.2. The topological polar surface area (TPSA) is 40.2 Å². The number of hydrogen-bond donors (Lipinski definition) is 1. The fraction of sp³-hybridized carbons (Fsp3) is 0.333. The maximum absolute atomic E-state index is 5.33. The van der Waals surface area contributed by atoms with Crippen LogP contribution in [0.25, 0.3) is 10.9 Å². The Labute approximate surface area is 89.4 Å². The van der Waals surface area contributed by atoms with Crippen LogP contribution in [0.2, 0.25) is 0 Å². The highest BCUT2D eigenvalue weighted by Crippen LogP contribution is 2.30. The lowest BCUT2D eigenvalue weighted by Crippen LogP contribution is -2.25. The first-order valence-corrected chi connectivity index (χ1v) is 4.98. The minimum absolute atomic E-state index is 0.457. The monoisotopic (exact) mass is 204 g/mol. The minimum Gasteiger partial charge on any atom is -0.351 e. The number of rotatable bonds is 2. The fourth-order valence-corrected chi connectivity index (χ4v) is 1.89. The van der Waals surface area contributed by atoms with Crippen molar-refractivity contribution in [3.63, 3.8) is 0 Å². The quantitative estimate of drug-likeness (QED) is 0.762. The lowest BCUT2D eigenvalue weighted by atomic mass is 9.95. The summed E-state index contributed by atoms with van der Waals surface area (Å²) in [4.78, 5) is 5.03. The average molecular weight is 204 g/mol. The van der Waals surface area contributed by atoms with Crippen LogP contribution < -0.4 is 5.90 Å². The van der Waals surface area contributed by atoms with E-state index in [9.17, 15) is 0 Å². The Morgan fingerprint density at radius 2 is 2.00 bits per heavy atom. The summed E-state index contributed by atoms with van der Waals surface area (Å²) in [5.41, 5.74) is 1.85. The number of aryl methyl sites for hydroxylation is 1. The molecule has 0 fully saturated rings. The summed E-state index contributed by atoms with van der Waals surface area (Å²) in [6.45, 7) is 3.93. The Morgan fingerprint density at radius 3 is 2.67 bits per heavy atom. The van der Waals surface area contributed by atoms with Crippen molar-refractivity contribution in [2.24, 2.45) is 12.9 Å². The summed E-state index contributed by atoms with van der Waals surface area (Å²) in [7, 11) is 2.03. The van der Waals surface area contributed by atoms with E-state index in [4.69, 9.17) is 10.7 Å². The standard InChI is InChI=1S/C12H16N2O/c1-12(2,15-13)10-5-4-6-11-9(10)7-8-14(11)3/h4-8H,13H2,1-3H3. The smallest absolute Gasteiger partial charge is 0.109 e. The van der Waals surface area contributed by atoms with Gasteiger partial charge in [-0.3, -0.25) is 4.84 Å². The van der Waals surface area contributed by atoms with E-state index in [0.29, 0.717) is 0 Å². The van der Waals surface area contributed by atoms with Gasteiger partial charge in [-0.2, -0.15) is 0 Å². The van der Waals surface area contributed by atoms with Gasteiger partial charge in [0.2, 0.25) is 0 Å². The highest BCUT2D eigenvalue weighted by atomic mass is 16.6. The third-order valence-corrected chi connectivity index (χ3v) is 2.87. The maximum Gasteiger partial charge on any atom is 0.109 e. The Hall–Kier alpha value is -1.32. The van der Waals surface area contributed by atoms with Gasteiger partial charge in [0, 0.05) is 24.1 Å². The van der Waals surface area contributed by atoms with E-state index >= 15 is 0 Å². The molecule has 15 heavy (non-hydrogen) atoms. The zero-order valence-corrected chi connectivity index (χ0v) is 9.32. The number of nitrogens with zero attached hydrogens (tertiary/aromatic N) is 1. The fourth-order valence-electron chi connectivity index (χ4n) is 1.89. The second-order valence-electron chi connectivity index (χ2n) is 4.29. The van der Waals surface area contributed by atoms with Crippen molar-refractivity contribution in [3.05, 3.63) is 36.0 Å². The summed E-state index contributed by atoms with van der Waals surface area (Å²) in [5, 5.41) is 1.19. The molecule has 0 atom stereocenters. The maximum atomic E-state index is 5.33. The van der Waals surface area contributed by atoms with Gasteiger partial charge in [-0.25, -0.2) is 5.90 Å². The summed E-state index contributed by atoms with van der Waals surface area (Å²) in [6, 6.07) is 8.25.